The highest BCUT2D eigenvalue weighted by molar-refractivity contribution is 7.09. The fourth-order valence-corrected chi connectivity index (χ4v) is 2.37. The van der Waals surface area contributed by atoms with Gasteiger partial charge in [-0.25, -0.2) is 0 Å². The van der Waals surface area contributed by atoms with Gasteiger partial charge in [-0.1, -0.05) is 6.07 Å². The average molecular weight is 297 g/mol. The summed E-state index contributed by atoms with van der Waals surface area (Å²) < 4.78 is 43.2. The third-order valence-electron chi connectivity index (χ3n) is 2.61. The maximum absolute atomic E-state index is 12.6. The molecule has 2 rings (SSSR count). The van der Waals surface area contributed by atoms with Crippen molar-refractivity contribution >= 4 is 11.3 Å². The smallest absolute Gasteiger partial charge is 0.417 e. The normalized spacial score (nSPS) is 11.1. The molecule has 0 spiro atoms. The summed E-state index contributed by atoms with van der Waals surface area (Å²) in [4.78, 5) is 1.14. The second-order valence-corrected chi connectivity index (χ2v) is 5.03. The van der Waals surface area contributed by atoms with Gasteiger partial charge in [-0.05, 0) is 29.6 Å². The van der Waals surface area contributed by atoms with Gasteiger partial charge < -0.3 is 4.74 Å². The molecule has 0 radical (unpaired) electrons. The molecule has 104 valence electrons. The molecule has 0 N–H and O–H groups in total. The fourth-order valence-electron chi connectivity index (χ4n) is 1.68. The van der Waals surface area contributed by atoms with Gasteiger partial charge in [0.15, 0.2) is 0 Å². The molecule has 0 aliphatic rings. The third kappa shape index (κ3) is 3.52. The second-order valence-electron chi connectivity index (χ2n) is 3.99. The highest BCUT2D eigenvalue weighted by Gasteiger charge is 2.33. The molecule has 0 atom stereocenters. The molecule has 0 fully saturated rings. The monoisotopic (exact) mass is 297 g/mol. The number of halogens is 3. The molecule has 6 heteroatoms. The Morgan fingerprint density at radius 2 is 2.05 bits per heavy atom. The predicted molar refractivity (Wildman–Crippen MR) is 69.7 cm³/mol. The Kier molecular flexibility index (Phi) is 4.30. The summed E-state index contributed by atoms with van der Waals surface area (Å²) in [5.41, 5.74) is -1.36. The third-order valence-corrected chi connectivity index (χ3v) is 3.55. The molecular weight excluding hydrogens is 287 g/mol. The Morgan fingerprint density at radius 3 is 2.65 bits per heavy atom. The van der Waals surface area contributed by atoms with E-state index in [1.807, 2.05) is 17.5 Å². The molecule has 0 aliphatic carbocycles. The zero-order chi connectivity index (χ0) is 14.6. The van der Waals surface area contributed by atoms with Crippen LogP contribution in [-0.4, -0.2) is 6.61 Å². The summed E-state index contributed by atoms with van der Waals surface area (Å²) >= 11 is 1.59. The minimum absolute atomic E-state index is 0.270. The summed E-state index contributed by atoms with van der Waals surface area (Å²) in [7, 11) is 0. The molecule has 1 aromatic carbocycles. The first-order chi connectivity index (χ1) is 9.50. The molecular formula is C14H10F3NOS. The highest BCUT2D eigenvalue weighted by Crippen LogP contribution is 2.33. The van der Waals surface area contributed by atoms with Gasteiger partial charge in [0.1, 0.15) is 5.75 Å². The summed E-state index contributed by atoms with van der Waals surface area (Å²) in [6.07, 6.45) is -3.85. The van der Waals surface area contributed by atoms with Gasteiger partial charge in [-0.3, -0.25) is 0 Å². The van der Waals surface area contributed by atoms with Crippen LogP contribution >= 0.6 is 11.3 Å². The van der Waals surface area contributed by atoms with Crippen molar-refractivity contribution in [1.82, 2.24) is 0 Å². The zero-order valence-corrected chi connectivity index (χ0v) is 11.1. The van der Waals surface area contributed by atoms with E-state index in [4.69, 9.17) is 10.00 Å². The van der Waals surface area contributed by atoms with E-state index in [0.717, 1.165) is 17.0 Å². The van der Waals surface area contributed by atoms with Gasteiger partial charge in [0.2, 0.25) is 0 Å². The Morgan fingerprint density at radius 1 is 1.25 bits per heavy atom. The van der Waals surface area contributed by atoms with Crippen molar-refractivity contribution in [2.45, 2.75) is 12.6 Å². The standard InChI is InChI=1S/C14H10F3NOS/c15-14(16,17)13-4-3-11(8-10(13)9-18)19-6-5-12-2-1-7-20-12/h1-4,7-8H,5-6H2. The Bertz CT molecular complexity index is 614. The van der Waals surface area contributed by atoms with Crippen molar-refractivity contribution in [1.29, 1.82) is 5.26 Å². The Labute approximate surface area is 118 Å². The van der Waals surface area contributed by atoms with Crippen LogP contribution in [0, 0.1) is 11.3 Å². The summed E-state index contributed by atoms with van der Waals surface area (Å²) in [6, 6.07) is 8.66. The summed E-state index contributed by atoms with van der Waals surface area (Å²) in [6.45, 7) is 0.358. The maximum Gasteiger partial charge on any atom is 0.417 e. The van der Waals surface area contributed by atoms with E-state index in [2.05, 4.69) is 0 Å². The topological polar surface area (TPSA) is 33.0 Å². The lowest BCUT2D eigenvalue weighted by atomic mass is 10.1. The Hall–Kier alpha value is -2.00. The first-order valence-electron chi connectivity index (χ1n) is 5.77. The number of hydrogen-bond acceptors (Lipinski definition) is 3. The largest absolute Gasteiger partial charge is 0.493 e. The number of benzene rings is 1. The molecule has 0 bridgehead atoms. The Balaban J connectivity index is 2.05. The summed E-state index contributed by atoms with van der Waals surface area (Å²) in [5.74, 6) is 0.270. The number of ether oxygens (including phenoxy) is 1. The highest BCUT2D eigenvalue weighted by atomic mass is 32.1. The fraction of sp³-hybridized carbons (Fsp3) is 0.214. The molecule has 0 aliphatic heterocycles. The quantitative estimate of drug-likeness (QED) is 0.844. The van der Waals surface area contributed by atoms with Crippen LogP contribution in [0.4, 0.5) is 13.2 Å². The van der Waals surface area contributed by atoms with Gasteiger partial charge >= 0.3 is 6.18 Å². The van der Waals surface area contributed by atoms with E-state index < -0.39 is 17.3 Å². The average Bonchev–Trinajstić information content (AvgIpc) is 2.90. The zero-order valence-electron chi connectivity index (χ0n) is 10.3. The van der Waals surface area contributed by atoms with Crippen molar-refractivity contribution in [3.05, 3.63) is 51.7 Å². The number of nitriles is 1. The minimum atomic E-state index is -4.53. The molecule has 2 nitrogen and oxygen atoms in total. The molecule has 0 unspecified atom stereocenters. The van der Waals surface area contributed by atoms with Crippen LogP contribution in [0.2, 0.25) is 0 Å². The first-order valence-corrected chi connectivity index (χ1v) is 6.65. The van der Waals surface area contributed by atoms with Crippen LogP contribution in [0.5, 0.6) is 5.75 Å². The van der Waals surface area contributed by atoms with Crippen molar-refractivity contribution in [2.75, 3.05) is 6.61 Å². The predicted octanol–water partition coefficient (Wildman–Crippen LogP) is 4.26. The molecule has 2 aromatic rings. The number of hydrogen-bond donors (Lipinski definition) is 0. The van der Waals surface area contributed by atoms with E-state index in [9.17, 15) is 13.2 Å². The summed E-state index contributed by atoms with van der Waals surface area (Å²) in [5, 5.41) is 10.7. The van der Waals surface area contributed by atoms with Crippen LogP contribution < -0.4 is 4.74 Å². The molecule has 0 amide bonds. The van der Waals surface area contributed by atoms with E-state index >= 15 is 0 Å². The van der Waals surface area contributed by atoms with Crippen LogP contribution in [-0.2, 0) is 12.6 Å². The van der Waals surface area contributed by atoms with Crippen molar-refractivity contribution in [2.24, 2.45) is 0 Å². The first kappa shape index (κ1) is 14.4. The lowest BCUT2D eigenvalue weighted by Crippen LogP contribution is -2.08. The van der Waals surface area contributed by atoms with Crippen molar-refractivity contribution < 1.29 is 17.9 Å². The molecule has 0 saturated heterocycles. The van der Waals surface area contributed by atoms with Crippen molar-refractivity contribution in [3.63, 3.8) is 0 Å². The molecule has 1 heterocycles. The number of nitrogens with zero attached hydrogens (tertiary/aromatic N) is 1. The van der Waals surface area contributed by atoms with Gasteiger partial charge in [-0.15, -0.1) is 11.3 Å². The lowest BCUT2D eigenvalue weighted by molar-refractivity contribution is -0.137. The van der Waals surface area contributed by atoms with E-state index in [-0.39, 0.29) is 5.75 Å². The van der Waals surface area contributed by atoms with Crippen LogP contribution in [0.15, 0.2) is 35.7 Å². The lowest BCUT2D eigenvalue weighted by Gasteiger charge is -2.11. The minimum Gasteiger partial charge on any atom is -0.493 e. The van der Waals surface area contributed by atoms with Gasteiger partial charge in [0.05, 0.1) is 23.8 Å². The number of thiophene rings is 1. The van der Waals surface area contributed by atoms with E-state index in [1.165, 1.54) is 6.07 Å². The molecule has 20 heavy (non-hydrogen) atoms. The molecule has 0 saturated carbocycles. The molecule has 1 aromatic heterocycles. The van der Waals surface area contributed by atoms with Gasteiger partial charge in [0.25, 0.3) is 0 Å². The van der Waals surface area contributed by atoms with Gasteiger partial charge in [0, 0.05) is 11.3 Å². The van der Waals surface area contributed by atoms with Crippen molar-refractivity contribution in [3.8, 4) is 11.8 Å². The van der Waals surface area contributed by atoms with Crippen LogP contribution in [0.1, 0.15) is 16.0 Å². The SMILES string of the molecule is N#Cc1cc(OCCc2cccs2)ccc1C(F)(F)F. The number of alkyl halides is 3. The van der Waals surface area contributed by atoms with E-state index in [0.29, 0.717) is 13.0 Å². The van der Waals surface area contributed by atoms with Crippen LogP contribution in [0.25, 0.3) is 0 Å². The van der Waals surface area contributed by atoms with Crippen LogP contribution in [0.3, 0.4) is 0 Å². The van der Waals surface area contributed by atoms with E-state index in [1.54, 1.807) is 17.4 Å². The van der Waals surface area contributed by atoms with Gasteiger partial charge in [-0.2, -0.15) is 18.4 Å². The number of rotatable bonds is 4. The maximum atomic E-state index is 12.6. The second kappa shape index (κ2) is 5.97.